The van der Waals surface area contributed by atoms with E-state index in [2.05, 4.69) is 20.2 Å². The highest BCUT2D eigenvalue weighted by Crippen LogP contribution is 2.34. The molecule has 0 fully saturated rings. The lowest BCUT2D eigenvalue weighted by Crippen LogP contribution is -2.16. The van der Waals surface area contributed by atoms with Crippen molar-refractivity contribution in [1.82, 2.24) is 25.1 Å². The minimum absolute atomic E-state index is 0.302. The van der Waals surface area contributed by atoms with Crippen molar-refractivity contribution in [2.75, 3.05) is 5.73 Å². The Morgan fingerprint density at radius 1 is 1.10 bits per heavy atom. The van der Waals surface area contributed by atoms with E-state index in [0.29, 0.717) is 29.9 Å². The number of hydrogen-bond acceptors (Lipinski definition) is 7. The number of pyridine rings is 2. The predicted molar refractivity (Wildman–Crippen MR) is 117 cm³/mol. The molecule has 5 N–H and O–H groups in total. The molecule has 9 heteroatoms. The molecule has 4 heterocycles. The zero-order valence-electron chi connectivity index (χ0n) is 15.8. The molecular formula is C21H17N7OS. The summed E-state index contributed by atoms with van der Waals surface area (Å²) in [7, 11) is 0. The standard InChI is InChI=1S/C21H17N7OS/c22-20-18-19(13-5-3-12(10-15(13)26-20)14-7-9-25-28-14)30-16(27-18)6-4-11-2-1-8-24-17(11)21(23)29/h1-3,5,7-10H,4,6H2,(H2,22,26)(H2,23,29)(H,25,28). The van der Waals surface area contributed by atoms with Gasteiger partial charge in [0.05, 0.1) is 20.9 Å². The summed E-state index contributed by atoms with van der Waals surface area (Å²) >= 11 is 1.59. The lowest BCUT2D eigenvalue weighted by Gasteiger charge is -2.03. The highest BCUT2D eigenvalue weighted by atomic mass is 32.1. The molecule has 8 nitrogen and oxygen atoms in total. The average molecular weight is 415 g/mol. The SMILES string of the molecule is NC(=O)c1ncccc1CCc1nc2c(N)nc3cc(-c4ccn[nH]4)ccc3c2s1. The molecule has 0 saturated carbocycles. The number of H-pyrrole nitrogens is 1. The first-order chi connectivity index (χ1) is 14.6. The largest absolute Gasteiger partial charge is 0.382 e. The van der Waals surface area contributed by atoms with Crippen LogP contribution in [0, 0.1) is 0 Å². The van der Waals surface area contributed by atoms with Crippen molar-refractivity contribution in [3.05, 3.63) is 65.1 Å². The quantitative estimate of drug-likeness (QED) is 0.403. The van der Waals surface area contributed by atoms with Gasteiger partial charge in [-0.1, -0.05) is 18.2 Å². The van der Waals surface area contributed by atoms with E-state index >= 15 is 0 Å². The molecule has 0 aliphatic rings. The fourth-order valence-electron chi connectivity index (χ4n) is 3.51. The van der Waals surface area contributed by atoms with E-state index in [-0.39, 0.29) is 0 Å². The molecule has 0 radical (unpaired) electrons. The van der Waals surface area contributed by atoms with Crippen LogP contribution in [0.25, 0.3) is 32.4 Å². The summed E-state index contributed by atoms with van der Waals surface area (Å²) in [6.45, 7) is 0. The van der Waals surface area contributed by atoms with Crippen molar-refractivity contribution in [2.45, 2.75) is 12.8 Å². The van der Waals surface area contributed by atoms with E-state index in [1.807, 2.05) is 30.3 Å². The maximum Gasteiger partial charge on any atom is 0.267 e. The summed E-state index contributed by atoms with van der Waals surface area (Å²) in [6, 6.07) is 11.6. The van der Waals surface area contributed by atoms with Crippen LogP contribution in [0.3, 0.4) is 0 Å². The Bertz CT molecular complexity index is 1390. The molecule has 0 aliphatic carbocycles. The molecule has 5 rings (SSSR count). The van der Waals surface area contributed by atoms with Crippen molar-refractivity contribution >= 4 is 44.2 Å². The number of aromatic nitrogens is 5. The summed E-state index contributed by atoms with van der Waals surface area (Å²) in [5.41, 5.74) is 16.2. The van der Waals surface area contributed by atoms with Gasteiger partial charge in [0, 0.05) is 29.8 Å². The number of nitrogens with two attached hydrogens (primary N) is 2. The number of aromatic amines is 1. The number of rotatable bonds is 5. The summed E-state index contributed by atoms with van der Waals surface area (Å²) in [5, 5.41) is 8.89. The third-order valence-electron chi connectivity index (χ3n) is 4.94. The Kier molecular flexibility index (Phi) is 4.36. The Hall–Kier alpha value is -3.85. The van der Waals surface area contributed by atoms with Gasteiger partial charge in [0.2, 0.25) is 0 Å². The number of carbonyl (C=O) groups excluding carboxylic acids is 1. The zero-order chi connectivity index (χ0) is 20.7. The predicted octanol–water partition coefficient (Wildman–Crippen LogP) is 3.10. The first-order valence-electron chi connectivity index (χ1n) is 9.32. The number of fused-ring (bicyclic) bond motifs is 3. The second-order valence-electron chi connectivity index (χ2n) is 6.86. The molecule has 4 aromatic heterocycles. The van der Waals surface area contributed by atoms with Crippen LogP contribution in [0.4, 0.5) is 5.82 Å². The number of thiazole rings is 1. The van der Waals surface area contributed by atoms with E-state index in [1.165, 1.54) is 0 Å². The summed E-state index contributed by atoms with van der Waals surface area (Å²) in [6.07, 6.45) is 4.54. The minimum Gasteiger partial charge on any atom is -0.382 e. The summed E-state index contributed by atoms with van der Waals surface area (Å²) < 4.78 is 1.00. The van der Waals surface area contributed by atoms with Crippen molar-refractivity contribution in [1.29, 1.82) is 0 Å². The Balaban J connectivity index is 1.51. The van der Waals surface area contributed by atoms with Gasteiger partial charge in [0.1, 0.15) is 11.2 Å². The Morgan fingerprint density at radius 2 is 2.00 bits per heavy atom. The van der Waals surface area contributed by atoms with Crippen LogP contribution in [0.2, 0.25) is 0 Å². The maximum atomic E-state index is 11.6. The molecule has 0 bridgehead atoms. The van der Waals surface area contributed by atoms with Gasteiger partial charge in [-0.2, -0.15) is 5.10 Å². The fraction of sp³-hybridized carbons (Fsp3) is 0.0952. The number of aryl methyl sites for hydroxylation is 2. The Labute approximate surface area is 175 Å². The molecule has 0 spiro atoms. The summed E-state index contributed by atoms with van der Waals surface area (Å²) in [5.74, 6) is -0.122. The summed E-state index contributed by atoms with van der Waals surface area (Å²) in [4.78, 5) is 24.9. The number of anilines is 1. The van der Waals surface area contributed by atoms with Gasteiger partial charge in [0.15, 0.2) is 5.82 Å². The number of nitrogens with zero attached hydrogens (tertiary/aromatic N) is 4. The van der Waals surface area contributed by atoms with Gasteiger partial charge in [-0.15, -0.1) is 11.3 Å². The molecule has 148 valence electrons. The zero-order valence-corrected chi connectivity index (χ0v) is 16.6. The van der Waals surface area contributed by atoms with Crippen LogP contribution in [0.5, 0.6) is 0 Å². The van der Waals surface area contributed by atoms with E-state index < -0.39 is 5.91 Å². The van der Waals surface area contributed by atoms with Crippen molar-refractivity contribution in [3.8, 4) is 11.3 Å². The monoisotopic (exact) mass is 415 g/mol. The number of benzene rings is 1. The van der Waals surface area contributed by atoms with Crippen LogP contribution in [-0.4, -0.2) is 31.1 Å². The molecule has 30 heavy (non-hydrogen) atoms. The molecule has 1 amide bonds. The van der Waals surface area contributed by atoms with E-state index in [9.17, 15) is 4.79 Å². The molecular weight excluding hydrogens is 398 g/mol. The second-order valence-corrected chi connectivity index (χ2v) is 7.94. The lowest BCUT2D eigenvalue weighted by atomic mass is 10.1. The molecule has 5 aromatic rings. The first-order valence-corrected chi connectivity index (χ1v) is 10.1. The topological polar surface area (TPSA) is 136 Å². The third-order valence-corrected chi connectivity index (χ3v) is 6.09. The van der Waals surface area contributed by atoms with E-state index in [0.717, 1.165) is 37.4 Å². The number of carbonyl (C=O) groups is 1. The van der Waals surface area contributed by atoms with Gasteiger partial charge in [0.25, 0.3) is 5.91 Å². The smallest absolute Gasteiger partial charge is 0.267 e. The van der Waals surface area contributed by atoms with Crippen molar-refractivity contribution < 1.29 is 4.79 Å². The van der Waals surface area contributed by atoms with E-state index in [4.69, 9.17) is 16.5 Å². The Morgan fingerprint density at radius 3 is 2.80 bits per heavy atom. The first kappa shape index (κ1) is 18.2. The number of nitrogen functional groups attached to an aromatic ring is 1. The second kappa shape index (κ2) is 7.20. The van der Waals surface area contributed by atoms with Gasteiger partial charge in [-0.05, 0) is 30.2 Å². The fourth-order valence-corrected chi connectivity index (χ4v) is 4.62. The van der Waals surface area contributed by atoms with E-state index in [1.54, 1.807) is 29.8 Å². The van der Waals surface area contributed by atoms with Gasteiger partial charge in [-0.25, -0.2) is 9.97 Å². The van der Waals surface area contributed by atoms with Crippen LogP contribution in [0.1, 0.15) is 21.1 Å². The molecule has 1 aromatic carbocycles. The van der Waals surface area contributed by atoms with Crippen LogP contribution >= 0.6 is 11.3 Å². The van der Waals surface area contributed by atoms with Crippen LogP contribution < -0.4 is 11.5 Å². The molecule has 0 unspecified atom stereocenters. The molecule has 0 saturated heterocycles. The average Bonchev–Trinajstić information content (AvgIpc) is 3.43. The number of nitrogens with one attached hydrogen (secondary N) is 1. The van der Waals surface area contributed by atoms with Gasteiger partial charge in [-0.3, -0.25) is 14.9 Å². The molecule has 0 aliphatic heterocycles. The van der Waals surface area contributed by atoms with Crippen molar-refractivity contribution in [2.24, 2.45) is 5.73 Å². The lowest BCUT2D eigenvalue weighted by molar-refractivity contribution is 0.0994. The highest BCUT2D eigenvalue weighted by molar-refractivity contribution is 7.19. The normalized spacial score (nSPS) is 11.3. The van der Waals surface area contributed by atoms with Gasteiger partial charge >= 0.3 is 0 Å². The van der Waals surface area contributed by atoms with Crippen molar-refractivity contribution in [3.63, 3.8) is 0 Å². The third kappa shape index (κ3) is 3.15. The van der Waals surface area contributed by atoms with Crippen LogP contribution in [-0.2, 0) is 12.8 Å². The highest BCUT2D eigenvalue weighted by Gasteiger charge is 2.15. The van der Waals surface area contributed by atoms with Gasteiger partial charge < -0.3 is 11.5 Å². The van der Waals surface area contributed by atoms with Crippen LogP contribution in [0.15, 0.2) is 48.8 Å². The number of primary amides is 1. The molecule has 0 atom stereocenters. The number of amides is 1. The maximum absolute atomic E-state index is 11.6. The minimum atomic E-state index is -0.526. The number of hydrogen-bond donors (Lipinski definition) is 3.